The van der Waals surface area contributed by atoms with Crippen LogP contribution in [-0.4, -0.2) is 34.7 Å². The van der Waals surface area contributed by atoms with Crippen molar-refractivity contribution in [2.75, 3.05) is 13.1 Å². The SMILES string of the molecule is OC1(Cc2cccc(F)c2Br)CCN(C2CC2)C1. The van der Waals surface area contributed by atoms with Crippen LogP contribution in [0.1, 0.15) is 24.8 Å². The molecule has 0 amide bonds. The standard InChI is InChI=1S/C14H17BrFNO/c15-13-10(2-1-3-12(13)16)8-14(18)6-7-17(9-14)11-4-5-11/h1-3,11,18H,4-9H2. The predicted molar refractivity (Wildman–Crippen MR) is 72.0 cm³/mol. The van der Waals surface area contributed by atoms with Crippen molar-refractivity contribution in [1.29, 1.82) is 0 Å². The Morgan fingerprint density at radius 2 is 2.22 bits per heavy atom. The van der Waals surface area contributed by atoms with E-state index in [4.69, 9.17) is 0 Å². The molecule has 1 aromatic rings. The van der Waals surface area contributed by atoms with Gasteiger partial charge in [-0.2, -0.15) is 0 Å². The number of β-amino-alcohol motifs (C(OH)–C–C–N with tert-alkyl or cyclic N) is 1. The molecule has 1 aliphatic heterocycles. The maximum Gasteiger partial charge on any atom is 0.137 e. The van der Waals surface area contributed by atoms with Crippen LogP contribution in [0.5, 0.6) is 0 Å². The number of aliphatic hydroxyl groups is 1. The quantitative estimate of drug-likeness (QED) is 0.927. The van der Waals surface area contributed by atoms with Gasteiger partial charge in [0.05, 0.1) is 10.1 Å². The normalized spacial score (nSPS) is 28.8. The lowest BCUT2D eigenvalue weighted by Gasteiger charge is -2.24. The zero-order valence-corrected chi connectivity index (χ0v) is 11.8. The number of rotatable bonds is 3. The molecule has 1 atom stereocenters. The molecule has 0 bridgehead atoms. The van der Waals surface area contributed by atoms with E-state index in [0.717, 1.165) is 25.1 Å². The monoisotopic (exact) mass is 313 g/mol. The van der Waals surface area contributed by atoms with Crippen molar-refractivity contribution in [3.63, 3.8) is 0 Å². The van der Waals surface area contributed by atoms with Gasteiger partial charge in [0.2, 0.25) is 0 Å². The van der Waals surface area contributed by atoms with Crippen LogP contribution in [0.25, 0.3) is 0 Å². The highest BCUT2D eigenvalue weighted by atomic mass is 79.9. The Morgan fingerprint density at radius 3 is 2.94 bits per heavy atom. The van der Waals surface area contributed by atoms with E-state index in [1.54, 1.807) is 6.07 Å². The van der Waals surface area contributed by atoms with Gasteiger partial charge in [0.1, 0.15) is 5.82 Å². The molecule has 1 saturated carbocycles. The van der Waals surface area contributed by atoms with Crippen LogP contribution < -0.4 is 0 Å². The fraction of sp³-hybridized carbons (Fsp3) is 0.571. The van der Waals surface area contributed by atoms with Crippen LogP contribution in [0.4, 0.5) is 4.39 Å². The smallest absolute Gasteiger partial charge is 0.137 e. The second-order valence-electron chi connectivity index (χ2n) is 5.57. The van der Waals surface area contributed by atoms with Gasteiger partial charge in [-0.05, 0) is 46.8 Å². The number of nitrogens with zero attached hydrogens (tertiary/aromatic N) is 1. The van der Waals surface area contributed by atoms with Crippen LogP contribution in [0.3, 0.4) is 0 Å². The second kappa shape index (κ2) is 4.58. The van der Waals surface area contributed by atoms with Crippen molar-refractivity contribution in [2.24, 2.45) is 0 Å². The fourth-order valence-electron chi connectivity index (χ4n) is 2.82. The highest BCUT2D eigenvalue weighted by Crippen LogP contribution is 2.36. The number of hydrogen-bond acceptors (Lipinski definition) is 2. The van der Waals surface area contributed by atoms with Crippen LogP contribution in [0, 0.1) is 5.82 Å². The van der Waals surface area contributed by atoms with E-state index in [0.29, 0.717) is 16.9 Å². The summed E-state index contributed by atoms with van der Waals surface area (Å²) in [5, 5.41) is 10.6. The first kappa shape index (κ1) is 12.6. The van der Waals surface area contributed by atoms with Gasteiger partial charge in [-0.1, -0.05) is 12.1 Å². The van der Waals surface area contributed by atoms with Crippen LogP contribution in [0.2, 0.25) is 0 Å². The van der Waals surface area contributed by atoms with Crippen molar-refractivity contribution in [3.05, 3.63) is 34.1 Å². The molecule has 1 unspecified atom stereocenters. The van der Waals surface area contributed by atoms with Crippen molar-refractivity contribution in [2.45, 2.75) is 37.3 Å². The van der Waals surface area contributed by atoms with E-state index in [-0.39, 0.29) is 5.82 Å². The Balaban J connectivity index is 1.73. The maximum atomic E-state index is 13.5. The molecule has 1 N–H and O–H groups in total. The highest BCUT2D eigenvalue weighted by molar-refractivity contribution is 9.10. The largest absolute Gasteiger partial charge is 0.388 e. The van der Waals surface area contributed by atoms with Crippen molar-refractivity contribution in [3.8, 4) is 0 Å². The first-order chi connectivity index (χ1) is 8.57. The molecule has 1 saturated heterocycles. The Morgan fingerprint density at radius 1 is 1.44 bits per heavy atom. The van der Waals surface area contributed by atoms with E-state index in [1.807, 2.05) is 6.07 Å². The minimum Gasteiger partial charge on any atom is -0.388 e. The Hall–Kier alpha value is -0.450. The number of benzene rings is 1. The van der Waals surface area contributed by atoms with Crippen molar-refractivity contribution >= 4 is 15.9 Å². The topological polar surface area (TPSA) is 23.5 Å². The minimum atomic E-state index is -0.696. The van der Waals surface area contributed by atoms with Gasteiger partial charge >= 0.3 is 0 Å². The van der Waals surface area contributed by atoms with Gasteiger partial charge in [-0.3, -0.25) is 4.90 Å². The molecular formula is C14H17BrFNO. The van der Waals surface area contributed by atoms with Gasteiger partial charge in [0.25, 0.3) is 0 Å². The average Bonchev–Trinajstić information content (AvgIpc) is 3.10. The third kappa shape index (κ3) is 2.46. The summed E-state index contributed by atoms with van der Waals surface area (Å²) in [6, 6.07) is 5.70. The first-order valence-corrected chi connectivity index (χ1v) is 7.26. The molecule has 4 heteroatoms. The molecule has 0 radical (unpaired) electrons. The Bertz CT molecular complexity index is 463. The number of hydrogen-bond donors (Lipinski definition) is 1. The van der Waals surface area contributed by atoms with Gasteiger partial charge in [-0.25, -0.2) is 4.39 Å². The average molecular weight is 314 g/mol. The van der Waals surface area contributed by atoms with Gasteiger partial charge in [0.15, 0.2) is 0 Å². The van der Waals surface area contributed by atoms with Crippen molar-refractivity contribution in [1.82, 2.24) is 4.90 Å². The first-order valence-electron chi connectivity index (χ1n) is 6.47. The van der Waals surface area contributed by atoms with E-state index in [2.05, 4.69) is 20.8 Å². The van der Waals surface area contributed by atoms with Crippen LogP contribution in [-0.2, 0) is 6.42 Å². The van der Waals surface area contributed by atoms with E-state index in [1.165, 1.54) is 18.9 Å². The Labute approximate surface area is 115 Å². The summed E-state index contributed by atoms with van der Waals surface area (Å²) in [5.41, 5.74) is 0.161. The lowest BCUT2D eigenvalue weighted by Crippen LogP contribution is -2.36. The van der Waals surface area contributed by atoms with E-state index < -0.39 is 5.60 Å². The molecule has 1 heterocycles. The summed E-state index contributed by atoms with van der Waals surface area (Å²) in [6.07, 6.45) is 3.83. The third-order valence-electron chi connectivity index (χ3n) is 3.98. The fourth-order valence-corrected chi connectivity index (χ4v) is 3.23. The molecule has 1 aliphatic carbocycles. The van der Waals surface area contributed by atoms with Gasteiger partial charge in [-0.15, -0.1) is 0 Å². The maximum absolute atomic E-state index is 13.5. The van der Waals surface area contributed by atoms with E-state index >= 15 is 0 Å². The molecule has 3 rings (SSSR count). The summed E-state index contributed by atoms with van der Waals surface area (Å²) in [6.45, 7) is 1.69. The molecule has 2 aliphatic rings. The lowest BCUT2D eigenvalue weighted by atomic mass is 9.94. The Kier molecular flexibility index (Phi) is 3.20. The van der Waals surface area contributed by atoms with Gasteiger partial charge in [0, 0.05) is 25.6 Å². The zero-order valence-electron chi connectivity index (χ0n) is 10.2. The number of likely N-dealkylation sites (tertiary alicyclic amines) is 1. The predicted octanol–water partition coefficient (Wildman–Crippen LogP) is 2.73. The van der Waals surface area contributed by atoms with Crippen molar-refractivity contribution < 1.29 is 9.50 Å². The third-order valence-corrected chi connectivity index (χ3v) is 4.86. The molecule has 98 valence electrons. The van der Waals surface area contributed by atoms with Gasteiger partial charge < -0.3 is 5.11 Å². The molecule has 1 aromatic carbocycles. The van der Waals surface area contributed by atoms with Crippen LogP contribution >= 0.6 is 15.9 Å². The molecule has 2 nitrogen and oxygen atoms in total. The summed E-state index contributed by atoms with van der Waals surface area (Å²) in [5.74, 6) is -0.256. The molecule has 18 heavy (non-hydrogen) atoms. The molecule has 0 aromatic heterocycles. The second-order valence-corrected chi connectivity index (χ2v) is 6.36. The van der Waals surface area contributed by atoms with E-state index in [9.17, 15) is 9.50 Å². The zero-order chi connectivity index (χ0) is 12.8. The summed E-state index contributed by atoms with van der Waals surface area (Å²) in [7, 11) is 0. The summed E-state index contributed by atoms with van der Waals surface area (Å²) < 4.78 is 13.9. The highest BCUT2D eigenvalue weighted by Gasteiger charge is 2.42. The molecule has 2 fully saturated rings. The summed E-state index contributed by atoms with van der Waals surface area (Å²) >= 11 is 3.27. The number of halogens is 2. The molecular weight excluding hydrogens is 297 g/mol. The lowest BCUT2D eigenvalue weighted by molar-refractivity contribution is 0.0485. The van der Waals surface area contributed by atoms with Crippen LogP contribution in [0.15, 0.2) is 22.7 Å². The molecule has 0 spiro atoms. The minimum absolute atomic E-state index is 0.256. The summed E-state index contributed by atoms with van der Waals surface area (Å²) in [4.78, 5) is 2.37.